The van der Waals surface area contributed by atoms with Crippen LogP contribution in [0.15, 0.2) is 0 Å². The second-order valence-corrected chi connectivity index (χ2v) is 2.56. The third-order valence-electron chi connectivity index (χ3n) is 0.798. The SMILES string of the molecule is CN(C)N(C)P(F)F. The van der Waals surface area contributed by atoms with E-state index < -0.39 is 8.69 Å². The molecule has 0 aliphatic heterocycles. The van der Waals surface area contributed by atoms with E-state index in [0.717, 1.165) is 4.78 Å². The van der Waals surface area contributed by atoms with E-state index in [4.69, 9.17) is 0 Å². The van der Waals surface area contributed by atoms with Crippen molar-refractivity contribution in [2.75, 3.05) is 21.1 Å². The van der Waals surface area contributed by atoms with Gasteiger partial charge >= 0.3 is 8.69 Å². The van der Waals surface area contributed by atoms with Crippen LogP contribution < -0.4 is 0 Å². The molecule has 0 rings (SSSR count). The molecule has 0 fully saturated rings. The van der Waals surface area contributed by atoms with Crippen molar-refractivity contribution in [3.8, 4) is 0 Å². The Morgan fingerprint density at radius 2 is 1.50 bits per heavy atom. The molecule has 2 nitrogen and oxygen atoms in total. The van der Waals surface area contributed by atoms with Gasteiger partial charge in [-0.1, -0.05) is 0 Å². The lowest BCUT2D eigenvalue weighted by atomic mass is 11.1. The molecule has 50 valence electrons. The van der Waals surface area contributed by atoms with Crippen molar-refractivity contribution < 1.29 is 8.39 Å². The van der Waals surface area contributed by atoms with Gasteiger partial charge in [-0.2, -0.15) is 13.2 Å². The molecule has 0 atom stereocenters. The number of nitrogens with zero attached hydrogens (tertiary/aromatic N) is 2. The zero-order chi connectivity index (χ0) is 6.73. The van der Waals surface area contributed by atoms with Crippen molar-refractivity contribution in [2.45, 2.75) is 0 Å². The maximum atomic E-state index is 11.6. The van der Waals surface area contributed by atoms with Crippen LogP contribution in [0.2, 0.25) is 0 Å². The fraction of sp³-hybridized carbons (Fsp3) is 1.00. The van der Waals surface area contributed by atoms with Crippen molar-refractivity contribution >= 4 is 8.69 Å². The number of hydrogen-bond acceptors (Lipinski definition) is 2. The minimum Gasteiger partial charge on any atom is -0.241 e. The summed E-state index contributed by atoms with van der Waals surface area (Å²) < 4.78 is 24.2. The summed E-state index contributed by atoms with van der Waals surface area (Å²) >= 11 is 0. The average molecular weight is 142 g/mol. The molecule has 0 aromatic heterocycles. The minimum atomic E-state index is -2.94. The second-order valence-electron chi connectivity index (χ2n) is 1.55. The van der Waals surface area contributed by atoms with Crippen LogP contribution in [0.1, 0.15) is 0 Å². The van der Waals surface area contributed by atoms with Gasteiger partial charge in [0.2, 0.25) is 0 Å². The monoisotopic (exact) mass is 142 g/mol. The minimum absolute atomic E-state index is 0.898. The highest BCUT2D eigenvalue weighted by molar-refractivity contribution is 7.43. The van der Waals surface area contributed by atoms with Gasteiger partial charge in [-0.3, -0.25) is 0 Å². The Balaban J connectivity index is 3.46. The molecule has 0 heterocycles. The molecule has 0 aliphatic carbocycles. The summed E-state index contributed by atoms with van der Waals surface area (Å²) in [6, 6.07) is 0. The lowest BCUT2D eigenvalue weighted by Crippen LogP contribution is -2.26. The maximum Gasteiger partial charge on any atom is 0.359 e. The predicted molar refractivity (Wildman–Crippen MR) is 30.6 cm³/mol. The maximum absolute atomic E-state index is 11.6. The zero-order valence-corrected chi connectivity index (χ0v) is 5.99. The molecule has 8 heavy (non-hydrogen) atoms. The van der Waals surface area contributed by atoms with Crippen LogP contribution in [0.5, 0.6) is 0 Å². The Morgan fingerprint density at radius 1 is 1.12 bits per heavy atom. The highest BCUT2D eigenvalue weighted by Gasteiger charge is 2.13. The first-order valence-corrected chi connectivity index (χ1v) is 3.16. The van der Waals surface area contributed by atoms with Crippen LogP contribution in [-0.2, 0) is 0 Å². The first-order chi connectivity index (χ1) is 3.55. The Kier molecular flexibility index (Phi) is 3.36. The van der Waals surface area contributed by atoms with Gasteiger partial charge in [0.15, 0.2) is 0 Å². The number of rotatable bonds is 2. The third-order valence-corrected chi connectivity index (χ3v) is 1.59. The molecule has 0 aromatic rings. The third kappa shape index (κ3) is 2.50. The summed E-state index contributed by atoms with van der Waals surface area (Å²) in [7, 11) is 1.57. The van der Waals surface area contributed by atoms with Gasteiger partial charge in [0, 0.05) is 21.1 Å². The summed E-state index contributed by atoms with van der Waals surface area (Å²) in [5.74, 6) is 0. The standard InChI is InChI=1S/C3H9F2N2P/c1-6(2)7(3)8(4)5/h1-3H3. The molecule has 5 heteroatoms. The average Bonchev–Trinajstić information content (AvgIpc) is 1.64. The van der Waals surface area contributed by atoms with Crippen molar-refractivity contribution in [3.63, 3.8) is 0 Å². The highest BCUT2D eigenvalue weighted by Crippen LogP contribution is 2.41. The topological polar surface area (TPSA) is 6.48 Å². The quantitative estimate of drug-likeness (QED) is 0.426. The Labute approximate surface area is 49.1 Å². The number of hydrazine groups is 1. The molecular formula is C3H9F2N2P. The number of halogens is 2. The van der Waals surface area contributed by atoms with Crippen LogP contribution >= 0.6 is 8.69 Å². The van der Waals surface area contributed by atoms with Gasteiger partial charge in [0.25, 0.3) is 0 Å². The van der Waals surface area contributed by atoms with Crippen LogP contribution in [0, 0.1) is 0 Å². The summed E-state index contributed by atoms with van der Waals surface area (Å²) in [5, 5.41) is 1.35. The fourth-order valence-electron chi connectivity index (χ4n) is 0.135. The molecular weight excluding hydrogens is 133 g/mol. The molecule has 0 spiro atoms. The van der Waals surface area contributed by atoms with E-state index >= 15 is 0 Å². The van der Waals surface area contributed by atoms with Crippen LogP contribution in [-0.4, -0.2) is 30.9 Å². The summed E-state index contributed by atoms with van der Waals surface area (Å²) in [5.41, 5.74) is 0. The van der Waals surface area contributed by atoms with Crippen molar-refractivity contribution in [1.82, 2.24) is 9.79 Å². The Morgan fingerprint density at radius 3 is 1.50 bits per heavy atom. The molecule has 0 N–H and O–H groups in total. The number of hydrogen-bond donors (Lipinski definition) is 0. The van der Waals surface area contributed by atoms with Gasteiger partial charge in [-0.25, -0.2) is 5.01 Å². The van der Waals surface area contributed by atoms with E-state index in [1.54, 1.807) is 14.1 Å². The highest BCUT2D eigenvalue weighted by atomic mass is 31.2. The van der Waals surface area contributed by atoms with Crippen molar-refractivity contribution in [1.29, 1.82) is 0 Å². The summed E-state index contributed by atoms with van der Waals surface area (Å²) in [6.45, 7) is 0. The predicted octanol–water partition coefficient (Wildman–Crippen LogP) is 1.56. The molecule has 0 radical (unpaired) electrons. The molecule has 0 aromatic carbocycles. The lowest BCUT2D eigenvalue weighted by Gasteiger charge is -2.20. The van der Waals surface area contributed by atoms with Gasteiger partial charge in [-0.15, -0.1) is 0 Å². The normalized spacial score (nSPS) is 12.0. The van der Waals surface area contributed by atoms with E-state index in [1.165, 1.54) is 12.1 Å². The van der Waals surface area contributed by atoms with E-state index in [2.05, 4.69) is 0 Å². The van der Waals surface area contributed by atoms with E-state index in [-0.39, 0.29) is 0 Å². The van der Waals surface area contributed by atoms with Crippen LogP contribution in [0.4, 0.5) is 8.39 Å². The van der Waals surface area contributed by atoms with Crippen LogP contribution in [0.25, 0.3) is 0 Å². The van der Waals surface area contributed by atoms with E-state index in [1.807, 2.05) is 0 Å². The van der Waals surface area contributed by atoms with E-state index in [9.17, 15) is 8.39 Å². The molecule has 0 aliphatic rings. The zero-order valence-electron chi connectivity index (χ0n) is 5.10. The smallest absolute Gasteiger partial charge is 0.241 e. The van der Waals surface area contributed by atoms with E-state index in [0.29, 0.717) is 0 Å². The first kappa shape index (κ1) is 8.21. The van der Waals surface area contributed by atoms with Gasteiger partial charge in [0.05, 0.1) is 0 Å². The summed E-state index contributed by atoms with van der Waals surface area (Å²) in [6.07, 6.45) is 0. The van der Waals surface area contributed by atoms with Crippen molar-refractivity contribution in [3.05, 3.63) is 0 Å². The van der Waals surface area contributed by atoms with Gasteiger partial charge in [0.1, 0.15) is 0 Å². The largest absolute Gasteiger partial charge is 0.359 e. The Bertz CT molecular complexity index is 60.3. The van der Waals surface area contributed by atoms with Crippen molar-refractivity contribution in [2.24, 2.45) is 0 Å². The first-order valence-electron chi connectivity index (χ1n) is 2.08. The van der Waals surface area contributed by atoms with Gasteiger partial charge in [-0.05, 0) is 0 Å². The second kappa shape index (κ2) is 3.28. The summed E-state index contributed by atoms with van der Waals surface area (Å²) in [4.78, 5) is 0. The lowest BCUT2D eigenvalue weighted by molar-refractivity contribution is 0.153. The molecule has 0 unspecified atom stereocenters. The molecule has 0 saturated carbocycles. The molecule has 0 bridgehead atoms. The Hall–Kier alpha value is 0.210. The molecule has 0 amide bonds. The molecule has 0 saturated heterocycles. The fourth-order valence-corrected chi connectivity index (χ4v) is 0.406. The van der Waals surface area contributed by atoms with Gasteiger partial charge < -0.3 is 0 Å². The van der Waals surface area contributed by atoms with Crippen LogP contribution in [0.3, 0.4) is 0 Å².